The van der Waals surface area contributed by atoms with E-state index in [0.717, 1.165) is 4.31 Å². The minimum atomic E-state index is -4.08. The Hall–Kier alpha value is -3.20. The number of hydrogen-bond donors (Lipinski definition) is 1. The number of ketones is 1. The van der Waals surface area contributed by atoms with Crippen LogP contribution >= 0.6 is 34.8 Å². The first-order valence-corrected chi connectivity index (χ1v) is 13.9. The molecule has 0 saturated heterocycles. The second-order valence-corrected chi connectivity index (χ2v) is 11.5. The summed E-state index contributed by atoms with van der Waals surface area (Å²) in [7, 11) is -4.08. The van der Waals surface area contributed by atoms with E-state index in [2.05, 4.69) is 5.32 Å². The molecule has 4 rings (SSSR count). The molecule has 0 heterocycles. The van der Waals surface area contributed by atoms with Crippen molar-refractivity contribution in [1.29, 1.82) is 0 Å². The molecule has 0 spiro atoms. The van der Waals surface area contributed by atoms with Gasteiger partial charge in [-0.1, -0.05) is 89.4 Å². The van der Waals surface area contributed by atoms with Crippen molar-refractivity contribution >= 4 is 62.2 Å². The molecule has 0 aliphatic rings. The van der Waals surface area contributed by atoms with Crippen LogP contribution in [-0.4, -0.2) is 31.0 Å². The van der Waals surface area contributed by atoms with E-state index in [4.69, 9.17) is 34.8 Å². The number of hydrogen-bond acceptors (Lipinski definition) is 4. The summed E-state index contributed by atoms with van der Waals surface area (Å²) in [6.45, 7) is -0.670. The summed E-state index contributed by atoms with van der Waals surface area (Å²) in [6, 6.07) is 25.6. The summed E-state index contributed by atoms with van der Waals surface area (Å²) >= 11 is 18.3. The summed E-state index contributed by atoms with van der Waals surface area (Å²) in [4.78, 5) is 26.4. The maximum Gasteiger partial charge on any atom is 0.243 e. The number of benzene rings is 4. The Morgan fingerprint density at radius 1 is 0.763 bits per heavy atom. The van der Waals surface area contributed by atoms with Crippen LogP contribution in [0.1, 0.15) is 21.5 Å². The number of rotatable bonds is 9. The first kappa shape index (κ1) is 27.8. The van der Waals surface area contributed by atoms with Gasteiger partial charge >= 0.3 is 0 Å². The van der Waals surface area contributed by atoms with E-state index in [-0.39, 0.29) is 33.5 Å². The fourth-order valence-corrected chi connectivity index (χ4v) is 5.62. The normalized spacial score (nSPS) is 11.4. The molecule has 0 atom stereocenters. The third-order valence-electron chi connectivity index (χ3n) is 5.58. The lowest BCUT2D eigenvalue weighted by atomic mass is 10.0. The first-order chi connectivity index (χ1) is 18.1. The van der Waals surface area contributed by atoms with Crippen LogP contribution in [0.15, 0.2) is 102 Å². The summed E-state index contributed by atoms with van der Waals surface area (Å²) in [5.74, 6) is -0.984. The number of sulfonamides is 1. The van der Waals surface area contributed by atoms with Crippen molar-refractivity contribution in [3.8, 4) is 0 Å². The zero-order valence-corrected chi connectivity index (χ0v) is 22.9. The van der Waals surface area contributed by atoms with Crippen LogP contribution in [0.25, 0.3) is 0 Å². The van der Waals surface area contributed by atoms with Crippen molar-refractivity contribution in [2.75, 3.05) is 11.9 Å². The number of nitrogens with zero attached hydrogens (tertiary/aromatic N) is 1. The monoisotopic (exact) mass is 586 g/mol. The van der Waals surface area contributed by atoms with Crippen LogP contribution in [0.4, 0.5) is 5.69 Å². The highest BCUT2D eigenvalue weighted by Crippen LogP contribution is 2.26. The van der Waals surface area contributed by atoms with Gasteiger partial charge in [-0.05, 0) is 48.0 Å². The van der Waals surface area contributed by atoms with Gasteiger partial charge in [0, 0.05) is 22.7 Å². The third kappa shape index (κ3) is 6.62. The Kier molecular flexibility index (Phi) is 8.87. The lowest BCUT2D eigenvalue weighted by molar-refractivity contribution is -0.116. The fraction of sp³-hybridized carbons (Fsp3) is 0.0714. The van der Waals surface area contributed by atoms with E-state index >= 15 is 0 Å². The molecule has 0 saturated carbocycles. The number of anilines is 1. The van der Waals surface area contributed by atoms with Gasteiger partial charge in [0.1, 0.15) is 0 Å². The molecule has 38 heavy (non-hydrogen) atoms. The lowest BCUT2D eigenvalue weighted by Crippen LogP contribution is -2.37. The van der Waals surface area contributed by atoms with Gasteiger partial charge in [-0.3, -0.25) is 9.59 Å². The van der Waals surface area contributed by atoms with Gasteiger partial charge in [0.25, 0.3) is 0 Å². The molecule has 4 aromatic carbocycles. The molecule has 0 aromatic heterocycles. The predicted octanol–water partition coefficient (Wildman–Crippen LogP) is 6.71. The highest BCUT2D eigenvalue weighted by Gasteiger charge is 2.27. The number of carbonyl (C=O) groups is 2. The zero-order chi connectivity index (χ0) is 27.3. The van der Waals surface area contributed by atoms with E-state index in [1.165, 1.54) is 30.3 Å². The first-order valence-electron chi connectivity index (χ1n) is 11.3. The smallest absolute Gasteiger partial charge is 0.243 e. The molecule has 194 valence electrons. The molecule has 0 bridgehead atoms. The Bertz CT molecular complexity index is 1580. The van der Waals surface area contributed by atoms with Gasteiger partial charge < -0.3 is 5.32 Å². The predicted molar refractivity (Wildman–Crippen MR) is 150 cm³/mol. The Morgan fingerprint density at radius 2 is 1.42 bits per heavy atom. The Balaban J connectivity index is 1.64. The standard InChI is InChI=1S/C28H21Cl3N2O4S/c29-21-12-14-26(23(16-21)28(35)20-7-3-1-4-8-20)32-27(34)18-33(17-19-11-13-24(30)25(31)15-19)38(36,37)22-9-5-2-6-10-22/h1-16H,17-18H2,(H,32,34). The summed E-state index contributed by atoms with van der Waals surface area (Å²) in [6.07, 6.45) is 0. The Labute approximate surface area is 235 Å². The number of nitrogens with one attached hydrogen (secondary N) is 1. The van der Waals surface area contributed by atoms with Crippen molar-refractivity contribution in [2.45, 2.75) is 11.4 Å². The maximum absolute atomic E-state index is 13.5. The minimum Gasteiger partial charge on any atom is -0.324 e. The van der Waals surface area contributed by atoms with Gasteiger partial charge in [-0.25, -0.2) is 8.42 Å². The number of halogens is 3. The van der Waals surface area contributed by atoms with Gasteiger partial charge in [0.2, 0.25) is 15.9 Å². The average Bonchev–Trinajstić information content (AvgIpc) is 2.92. The summed E-state index contributed by atoms with van der Waals surface area (Å²) in [5, 5.41) is 3.58. The van der Waals surface area contributed by atoms with Crippen molar-refractivity contribution in [1.82, 2.24) is 4.31 Å². The van der Waals surface area contributed by atoms with Crippen molar-refractivity contribution < 1.29 is 18.0 Å². The highest BCUT2D eigenvalue weighted by atomic mass is 35.5. The van der Waals surface area contributed by atoms with Crippen molar-refractivity contribution in [3.05, 3.63) is 129 Å². The second-order valence-electron chi connectivity index (χ2n) is 8.27. The molecule has 0 unspecified atom stereocenters. The van der Waals surface area contributed by atoms with E-state index in [1.54, 1.807) is 66.7 Å². The van der Waals surface area contributed by atoms with Crippen LogP contribution in [0, 0.1) is 0 Å². The fourth-order valence-electron chi connectivity index (χ4n) is 3.72. The molecule has 0 aliphatic carbocycles. The Morgan fingerprint density at radius 3 is 2.08 bits per heavy atom. The highest BCUT2D eigenvalue weighted by molar-refractivity contribution is 7.89. The van der Waals surface area contributed by atoms with Crippen LogP contribution in [0.5, 0.6) is 0 Å². The molecule has 4 aromatic rings. The number of carbonyl (C=O) groups excluding carboxylic acids is 2. The van der Waals surface area contributed by atoms with Crippen LogP contribution in [-0.2, 0) is 21.4 Å². The molecule has 6 nitrogen and oxygen atoms in total. The summed E-state index contributed by atoms with van der Waals surface area (Å²) < 4.78 is 28.0. The van der Waals surface area contributed by atoms with Gasteiger partial charge in [0.05, 0.1) is 27.2 Å². The van der Waals surface area contributed by atoms with E-state index in [0.29, 0.717) is 21.2 Å². The third-order valence-corrected chi connectivity index (χ3v) is 8.36. The lowest BCUT2D eigenvalue weighted by Gasteiger charge is -2.22. The van der Waals surface area contributed by atoms with Crippen LogP contribution < -0.4 is 5.32 Å². The van der Waals surface area contributed by atoms with Gasteiger partial charge in [0.15, 0.2) is 5.78 Å². The molecule has 0 aliphatic heterocycles. The molecule has 0 radical (unpaired) electrons. The van der Waals surface area contributed by atoms with E-state index in [9.17, 15) is 18.0 Å². The number of amides is 1. The largest absolute Gasteiger partial charge is 0.324 e. The van der Waals surface area contributed by atoms with E-state index < -0.39 is 22.5 Å². The maximum atomic E-state index is 13.5. The SMILES string of the molecule is O=C(CN(Cc1ccc(Cl)c(Cl)c1)S(=O)(=O)c1ccccc1)Nc1ccc(Cl)cc1C(=O)c1ccccc1. The minimum absolute atomic E-state index is 0.0271. The quantitative estimate of drug-likeness (QED) is 0.221. The van der Waals surface area contributed by atoms with E-state index in [1.807, 2.05) is 0 Å². The van der Waals surface area contributed by atoms with Crippen molar-refractivity contribution in [3.63, 3.8) is 0 Å². The molecular weight excluding hydrogens is 567 g/mol. The second kappa shape index (κ2) is 12.1. The molecule has 1 N–H and O–H groups in total. The molecule has 10 heteroatoms. The van der Waals surface area contributed by atoms with Crippen LogP contribution in [0.3, 0.4) is 0 Å². The van der Waals surface area contributed by atoms with Crippen LogP contribution in [0.2, 0.25) is 15.1 Å². The van der Waals surface area contributed by atoms with Gasteiger partial charge in [-0.2, -0.15) is 4.31 Å². The average molecular weight is 588 g/mol. The molecule has 0 fully saturated rings. The topological polar surface area (TPSA) is 83.6 Å². The molecular formula is C28H21Cl3N2O4S. The molecule has 1 amide bonds. The van der Waals surface area contributed by atoms with Crippen molar-refractivity contribution in [2.24, 2.45) is 0 Å². The summed E-state index contributed by atoms with van der Waals surface area (Å²) in [5.41, 5.74) is 1.34. The van der Waals surface area contributed by atoms with Gasteiger partial charge in [-0.15, -0.1) is 0 Å². The zero-order valence-electron chi connectivity index (χ0n) is 19.8.